The van der Waals surface area contributed by atoms with Crippen LogP contribution in [0.4, 0.5) is 11.6 Å². The highest BCUT2D eigenvalue weighted by Crippen LogP contribution is 2.30. The lowest BCUT2D eigenvalue weighted by atomic mass is 10.3. The van der Waals surface area contributed by atoms with Crippen molar-refractivity contribution in [3.05, 3.63) is 49.1 Å². The minimum Gasteiger partial charge on any atom is -0.368 e. The van der Waals surface area contributed by atoms with Crippen LogP contribution >= 0.6 is 0 Å². The lowest BCUT2D eigenvalue weighted by Crippen LogP contribution is -2.47. The molecule has 2 aromatic rings. The second-order valence-electron chi connectivity index (χ2n) is 3.85. The average molecular weight is 309 g/mol. The van der Waals surface area contributed by atoms with Crippen LogP contribution < -0.4 is 14.9 Å². The Morgan fingerprint density at radius 2 is 1.90 bits per heavy atom. The molecule has 1 aromatic heterocycles. The van der Waals surface area contributed by atoms with E-state index in [0.29, 0.717) is 11.6 Å². The van der Waals surface area contributed by atoms with Gasteiger partial charge in [-0.25, -0.2) is 10.1 Å². The molecule has 1 aliphatic rings. The number of hydrogen-bond donors (Lipinski definition) is 3. The van der Waals surface area contributed by atoms with Gasteiger partial charge in [-0.1, -0.05) is 18.2 Å². The third-order valence-electron chi connectivity index (χ3n) is 2.47. The molecule has 0 saturated carbocycles. The molecule has 21 heavy (non-hydrogen) atoms. The fourth-order valence-electron chi connectivity index (χ4n) is 1.53. The predicted molar refractivity (Wildman–Crippen MR) is 76.1 cm³/mol. The largest absolute Gasteiger partial charge is 0.403 e. The molecule has 0 fully saturated rings. The quantitative estimate of drug-likeness (QED) is 0.687. The lowest BCUT2D eigenvalue weighted by molar-refractivity contribution is 0.502. The number of quaternary nitrogens is 1. The van der Waals surface area contributed by atoms with Gasteiger partial charge in [0.1, 0.15) is 12.5 Å². The number of H-pyrrole nitrogens is 1. The maximum atomic E-state index is 11.5. The second-order valence-corrected chi connectivity index (χ2v) is 5.43. The summed E-state index contributed by atoms with van der Waals surface area (Å²) in [5, 5.41) is 18.2. The zero-order chi connectivity index (χ0) is 15.3. The Hall–Kier alpha value is -2.63. The second kappa shape index (κ2) is 5.78. The summed E-state index contributed by atoms with van der Waals surface area (Å²) in [7, 11) is -3.93. The van der Waals surface area contributed by atoms with Crippen molar-refractivity contribution in [2.75, 3.05) is 5.73 Å². The normalized spacial score (nSPS) is 20.0. The van der Waals surface area contributed by atoms with E-state index in [4.69, 9.17) is 10.9 Å². The molecule has 0 spiro atoms. The summed E-state index contributed by atoms with van der Waals surface area (Å²) in [6, 6.07) is 8.45. The Balaban J connectivity index is 0.000000225. The van der Waals surface area contributed by atoms with Crippen LogP contribution in [0.3, 0.4) is 0 Å². The van der Waals surface area contributed by atoms with E-state index in [-0.39, 0.29) is 0 Å². The molecule has 11 heteroatoms. The van der Waals surface area contributed by atoms with Crippen LogP contribution in [0.5, 0.6) is 0 Å². The maximum absolute atomic E-state index is 11.5. The van der Waals surface area contributed by atoms with Gasteiger partial charge in [-0.3, -0.25) is 0 Å². The molecule has 1 unspecified atom stereocenters. The first-order chi connectivity index (χ1) is 9.96. The standard InChI is InChI=1S/C8H9N4O2S.C2H4N4/c9-15(13,14)12(7-6-10-11-12)8-4-2-1-3-5-8;3-2-4-1-5-6-2/h1-7H,(H2,9,13,14);1H,(H3,3,4,5,6)/q+1;. The number of nitrogens with one attached hydrogen (secondary N) is 1. The molecule has 0 aliphatic carbocycles. The number of rotatable bonds is 2. The molecule has 3 rings (SSSR count). The van der Waals surface area contributed by atoms with Crippen molar-refractivity contribution in [2.24, 2.45) is 15.5 Å². The van der Waals surface area contributed by atoms with Crippen LogP contribution in [0.25, 0.3) is 0 Å². The lowest BCUT2D eigenvalue weighted by Gasteiger charge is -2.18. The van der Waals surface area contributed by atoms with Crippen LogP contribution in [-0.2, 0) is 10.2 Å². The molecule has 110 valence electrons. The van der Waals surface area contributed by atoms with Gasteiger partial charge in [0.25, 0.3) is 0 Å². The van der Waals surface area contributed by atoms with Crippen molar-refractivity contribution in [2.45, 2.75) is 0 Å². The first-order valence-corrected chi connectivity index (χ1v) is 7.14. The van der Waals surface area contributed by atoms with E-state index < -0.39 is 14.2 Å². The van der Waals surface area contributed by atoms with Gasteiger partial charge in [0.2, 0.25) is 5.95 Å². The highest BCUT2D eigenvalue weighted by atomic mass is 32.2. The minimum absolute atomic E-state index is 0.356. The van der Waals surface area contributed by atoms with Crippen molar-refractivity contribution in [3.63, 3.8) is 0 Å². The third-order valence-corrected chi connectivity index (χ3v) is 3.65. The van der Waals surface area contributed by atoms with Gasteiger partial charge < -0.3 is 5.73 Å². The number of nitrogens with two attached hydrogens (primary N) is 2. The van der Waals surface area contributed by atoms with E-state index in [0.717, 1.165) is 0 Å². The van der Waals surface area contributed by atoms with E-state index >= 15 is 0 Å². The molecule has 1 aromatic carbocycles. The van der Waals surface area contributed by atoms with Gasteiger partial charge in [-0.2, -0.15) is 18.7 Å². The van der Waals surface area contributed by atoms with Crippen molar-refractivity contribution >= 4 is 21.8 Å². The number of benzene rings is 1. The van der Waals surface area contributed by atoms with Crippen LogP contribution in [-0.4, -0.2) is 23.6 Å². The fourth-order valence-corrected chi connectivity index (χ4v) is 2.32. The van der Waals surface area contributed by atoms with E-state index in [1.54, 1.807) is 30.3 Å². The monoisotopic (exact) mass is 309 g/mol. The Morgan fingerprint density at radius 1 is 1.19 bits per heavy atom. The predicted octanol–water partition coefficient (Wildman–Crippen LogP) is 0.436. The van der Waals surface area contributed by atoms with Gasteiger partial charge in [-0.05, 0) is 4.00 Å². The first kappa shape index (κ1) is 14.8. The summed E-state index contributed by atoms with van der Waals surface area (Å²) < 4.78 is 22.2. The van der Waals surface area contributed by atoms with Crippen LogP contribution in [0, 0.1) is 0 Å². The van der Waals surface area contributed by atoms with Gasteiger partial charge in [0, 0.05) is 12.1 Å². The molecule has 1 atom stereocenters. The molecule has 0 amide bonds. The van der Waals surface area contributed by atoms with Crippen molar-refractivity contribution in [1.29, 1.82) is 0 Å². The third kappa shape index (κ3) is 3.10. The Bertz CT molecular complexity index is 727. The summed E-state index contributed by atoms with van der Waals surface area (Å²) in [6.07, 6.45) is 3.97. The Labute approximate surface area is 120 Å². The van der Waals surface area contributed by atoms with Crippen molar-refractivity contribution < 1.29 is 8.42 Å². The van der Waals surface area contributed by atoms with Crippen molar-refractivity contribution in [1.82, 2.24) is 19.2 Å². The summed E-state index contributed by atoms with van der Waals surface area (Å²) in [6.45, 7) is 0. The smallest absolute Gasteiger partial charge is 0.368 e. The number of para-hydroxylation sites is 1. The van der Waals surface area contributed by atoms with Gasteiger partial charge in [-0.15, -0.1) is 5.11 Å². The Kier molecular flexibility index (Phi) is 4.07. The average Bonchev–Trinajstić information content (AvgIpc) is 3.11. The molecule has 0 bridgehead atoms. The van der Waals surface area contributed by atoms with Crippen LogP contribution in [0.1, 0.15) is 0 Å². The molecular weight excluding hydrogens is 296 g/mol. The highest BCUT2D eigenvalue weighted by molar-refractivity contribution is 7.88. The summed E-state index contributed by atoms with van der Waals surface area (Å²) in [5.41, 5.74) is 5.48. The number of nitrogen functional groups attached to an aromatic ring is 1. The van der Waals surface area contributed by atoms with E-state index in [2.05, 4.69) is 25.5 Å². The van der Waals surface area contributed by atoms with Crippen LogP contribution in [0.2, 0.25) is 0 Å². The van der Waals surface area contributed by atoms with E-state index in [1.165, 1.54) is 18.7 Å². The topological polar surface area (TPSA) is 152 Å². The molecule has 10 nitrogen and oxygen atoms in total. The molecule has 1 aliphatic heterocycles. The van der Waals surface area contributed by atoms with Gasteiger partial charge in [0.05, 0.1) is 5.22 Å². The van der Waals surface area contributed by atoms with E-state index in [9.17, 15) is 8.42 Å². The maximum Gasteiger partial charge on any atom is 0.403 e. The van der Waals surface area contributed by atoms with E-state index in [1.807, 2.05) is 0 Å². The number of hydrogen-bond acceptors (Lipinski definition) is 7. The summed E-state index contributed by atoms with van der Waals surface area (Å²) in [5.74, 6) is 0.356. The van der Waals surface area contributed by atoms with Gasteiger partial charge in [0.15, 0.2) is 11.9 Å². The number of aromatic nitrogens is 3. The zero-order valence-corrected chi connectivity index (χ0v) is 11.6. The summed E-state index contributed by atoms with van der Waals surface area (Å²) >= 11 is 0. The molecule has 0 radical (unpaired) electrons. The number of aromatic amines is 1. The molecular formula is C10H13N8O2S+. The van der Waals surface area contributed by atoms with Gasteiger partial charge >= 0.3 is 10.2 Å². The first-order valence-electron chi connectivity index (χ1n) is 5.64. The molecule has 2 heterocycles. The number of anilines is 1. The van der Waals surface area contributed by atoms with Crippen LogP contribution in [0.15, 0.2) is 59.4 Å². The minimum atomic E-state index is -3.93. The SMILES string of the molecule is NS(=O)(=O)[N+]1(c2ccccc2)C=CN=N1.Nc1ncn[nH]1. The fraction of sp³-hybridized carbons (Fsp3) is 0. The Morgan fingerprint density at radius 3 is 2.29 bits per heavy atom. The molecule has 0 saturated heterocycles. The summed E-state index contributed by atoms with van der Waals surface area (Å²) in [4.78, 5) is 3.53. The van der Waals surface area contributed by atoms with Crippen molar-refractivity contribution in [3.8, 4) is 0 Å². The zero-order valence-electron chi connectivity index (χ0n) is 10.7. The highest BCUT2D eigenvalue weighted by Gasteiger charge is 2.44. The molecule has 5 N–H and O–H groups in total. The number of nitrogens with zero attached hydrogens (tertiary/aromatic N) is 5.